The third kappa shape index (κ3) is 4.25. The van der Waals surface area contributed by atoms with Crippen molar-refractivity contribution in [2.75, 3.05) is 6.61 Å². The smallest absolute Gasteiger partial charge is 0.107 e. The largest absolute Gasteiger partial charge is 0.375 e. The van der Waals surface area contributed by atoms with Crippen LogP contribution in [0.25, 0.3) is 0 Å². The first-order valence-electron chi connectivity index (χ1n) is 5.80. The maximum absolute atomic E-state index is 5.96. The van der Waals surface area contributed by atoms with Crippen molar-refractivity contribution in [1.82, 2.24) is 9.97 Å². The van der Waals surface area contributed by atoms with Crippen LogP contribution in [-0.4, -0.2) is 22.6 Å². The first kappa shape index (κ1) is 13.3. The van der Waals surface area contributed by atoms with Crippen LogP contribution in [0.4, 0.5) is 0 Å². The third-order valence-electron chi connectivity index (χ3n) is 2.52. The minimum absolute atomic E-state index is 0.0356. The summed E-state index contributed by atoms with van der Waals surface area (Å²) in [5, 5.41) is 0. The summed E-state index contributed by atoms with van der Waals surface area (Å²) in [6.45, 7) is 1.11. The fraction of sp³-hybridized carbons (Fsp3) is 0.308. The number of nitrogens with two attached hydrogens (primary N) is 1. The summed E-state index contributed by atoms with van der Waals surface area (Å²) in [7, 11) is 0. The molecule has 2 aromatic rings. The van der Waals surface area contributed by atoms with Crippen LogP contribution < -0.4 is 5.73 Å². The Kier molecular flexibility index (Phi) is 4.92. The summed E-state index contributed by atoms with van der Waals surface area (Å²) in [5.74, 6) is 0.898. The summed E-state index contributed by atoms with van der Waals surface area (Å²) < 4.78 is 6.66. The molecule has 0 saturated heterocycles. The van der Waals surface area contributed by atoms with E-state index in [1.54, 1.807) is 12.4 Å². The van der Waals surface area contributed by atoms with E-state index in [-0.39, 0.29) is 6.04 Å². The lowest BCUT2D eigenvalue weighted by atomic mass is 10.2. The van der Waals surface area contributed by atoms with Gasteiger partial charge in [0.25, 0.3) is 0 Å². The molecule has 0 spiro atoms. The van der Waals surface area contributed by atoms with E-state index >= 15 is 0 Å². The predicted octanol–water partition coefficient (Wildman–Crippen LogP) is 2.26. The molecule has 18 heavy (non-hydrogen) atoms. The van der Waals surface area contributed by atoms with Gasteiger partial charge >= 0.3 is 0 Å². The molecule has 1 aromatic carbocycles. The first-order chi connectivity index (χ1) is 8.74. The van der Waals surface area contributed by atoms with Gasteiger partial charge in [-0.25, -0.2) is 4.98 Å². The van der Waals surface area contributed by atoms with Gasteiger partial charge in [0.1, 0.15) is 5.82 Å². The molecule has 1 aromatic heterocycles. The molecule has 1 atom stereocenters. The number of benzene rings is 1. The summed E-state index contributed by atoms with van der Waals surface area (Å²) >= 11 is 3.40. The number of imidazole rings is 1. The molecule has 96 valence electrons. The standard InChI is InChI=1S/C13H16BrN3O/c14-11-3-1-10(2-4-11)8-18-9-12(15)7-13-16-5-6-17-13/h1-6,12H,7-9,15H2,(H,16,17)/t12-/m0/s1. The van der Waals surface area contributed by atoms with Gasteiger partial charge < -0.3 is 15.5 Å². The zero-order valence-corrected chi connectivity index (χ0v) is 11.6. The van der Waals surface area contributed by atoms with E-state index in [1.807, 2.05) is 24.3 Å². The van der Waals surface area contributed by atoms with E-state index in [0.29, 0.717) is 19.6 Å². The van der Waals surface area contributed by atoms with E-state index in [4.69, 9.17) is 10.5 Å². The molecule has 0 aliphatic rings. The molecule has 3 N–H and O–H groups in total. The zero-order valence-electron chi connectivity index (χ0n) is 9.97. The highest BCUT2D eigenvalue weighted by molar-refractivity contribution is 9.10. The minimum atomic E-state index is -0.0356. The van der Waals surface area contributed by atoms with Gasteiger partial charge in [0, 0.05) is 29.3 Å². The number of nitrogens with one attached hydrogen (secondary N) is 1. The van der Waals surface area contributed by atoms with Crippen molar-refractivity contribution >= 4 is 15.9 Å². The second-order valence-corrected chi connectivity index (χ2v) is 5.06. The highest BCUT2D eigenvalue weighted by atomic mass is 79.9. The van der Waals surface area contributed by atoms with Crippen LogP contribution in [0.5, 0.6) is 0 Å². The third-order valence-corrected chi connectivity index (χ3v) is 3.05. The van der Waals surface area contributed by atoms with E-state index in [2.05, 4.69) is 25.9 Å². The average Bonchev–Trinajstić information content (AvgIpc) is 2.84. The monoisotopic (exact) mass is 309 g/mol. The Morgan fingerprint density at radius 2 is 2.11 bits per heavy atom. The highest BCUT2D eigenvalue weighted by Gasteiger charge is 2.06. The number of hydrogen-bond acceptors (Lipinski definition) is 3. The number of rotatable bonds is 6. The number of ether oxygens (including phenoxy) is 1. The van der Waals surface area contributed by atoms with Gasteiger partial charge in [-0.15, -0.1) is 0 Å². The number of aromatic amines is 1. The molecule has 0 amide bonds. The summed E-state index contributed by atoms with van der Waals surface area (Å²) in [6, 6.07) is 8.03. The molecule has 0 unspecified atom stereocenters. The molecule has 0 aliphatic heterocycles. The van der Waals surface area contributed by atoms with Crippen molar-refractivity contribution in [1.29, 1.82) is 0 Å². The fourth-order valence-corrected chi connectivity index (χ4v) is 1.89. The van der Waals surface area contributed by atoms with Gasteiger partial charge in [0.15, 0.2) is 0 Å². The number of H-pyrrole nitrogens is 1. The van der Waals surface area contributed by atoms with Crippen LogP contribution in [-0.2, 0) is 17.8 Å². The van der Waals surface area contributed by atoms with E-state index in [1.165, 1.54) is 0 Å². The number of nitrogens with zero attached hydrogens (tertiary/aromatic N) is 1. The fourth-order valence-electron chi connectivity index (χ4n) is 1.63. The second kappa shape index (κ2) is 6.68. The molecular formula is C13H16BrN3O. The molecular weight excluding hydrogens is 294 g/mol. The maximum atomic E-state index is 5.96. The quantitative estimate of drug-likeness (QED) is 0.860. The van der Waals surface area contributed by atoms with E-state index < -0.39 is 0 Å². The van der Waals surface area contributed by atoms with Crippen LogP contribution in [0.1, 0.15) is 11.4 Å². The van der Waals surface area contributed by atoms with Gasteiger partial charge in [-0.3, -0.25) is 0 Å². The zero-order chi connectivity index (χ0) is 12.8. The summed E-state index contributed by atoms with van der Waals surface area (Å²) in [6.07, 6.45) is 4.23. The lowest BCUT2D eigenvalue weighted by Crippen LogP contribution is -2.29. The molecule has 0 bridgehead atoms. The number of aromatic nitrogens is 2. The summed E-state index contributed by atoms with van der Waals surface area (Å²) in [5.41, 5.74) is 7.10. The van der Waals surface area contributed by atoms with Crippen molar-refractivity contribution in [2.24, 2.45) is 5.73 Å². The first-order valence-corrected chi connectivity index (χ1v) is 6.59. The molecule has 2 rings (SSSR count). The Bertz CT molecular complexity index is 456. The van der Waals surface area contributed by atoms with E-state index in [0.717, 1.165) is 15.9 Å². The highest BCUT2D eigenvalue weighted by Crippen LogP contribution is 2.11. The minimum Gasteiger partial charge on any atom is -0.375 e. The van der Waals surface area contributed by atoms with Crippen LogP contribution in [0.2, 0.25) is 0 Å². The lowest BCUT2D eigenvalue weighted by Gasteiger charge is -2.10. The maximum Gasteiger partial charge on any atom is 0.107 e. The molecule has 0 fully saturated rings. The topological polar surface area (TPSA) is 63.9 Å². The van der Waals surface area contributed by atoms with Gasteiger partial charge in [-0.2, -0.15) is 0 Å². The predicted molar refractivity (Wildman–Crippen MR) is 74.1 cm³/mol. The van der Waals surface area contributed by atoms with Crippen LogP contribution in [0.3, 0.4) is 0 Å². The molecule has 5 heteroatoms. The van der Waals surface area contributed by atoms with Gasteiger partial charge in [0.2, 0.25) is 0 Å². The number of hydrogen-bond donors (Lipinski definition) is 2. The SMILES string of the molecule is N[C@H](COCc1ccc(Br)cc1)Cc1ncc[nH]1. The Labute approximate surface area is 115 Å². The Hall–Kier alpha value is -1.17. The van der Waals surface area contributed by atoms with Crippen LogP contribution in [0, 0.1) is 0 Å². The molecule has 0 saturated carbocycles. The molecule has 4 nitrogen and oxygen atoms in total. The Morgan fingerprint density at radius 1 is 1.33 bits per heavy atom. The van der Waals surface area contributed by atoms with Crippen molar-refractivity contribution < 1.29 is 4.74 Å². The Balaban J connectivity index is 1.70. The second-order valence-electron chi connectivity index (χ2n) is 4.14. The van der Waals surface area contributed by atoms with Crippen molar-refractivity contribution in [3.8, 4) is 0 Å². The normalized spacial score (nSPS) is 12.6. The van der Waals surface area contributed by atoms with Crippen molar-refractivity contribution in [2.45, 2.75) is 19.1 Å². The van der Waals surface area contributed by atoms with Crippen LogP contribution >= 0.6 is 15.9 Å². The average molecular weight is 310 g/mol. The lowest BCUT2D eigenvalue weighted by molar-refractivity contribution is 0.107. The number of halogens is 1. The molecule has 0 aliphatic carbocycles. The van der Waals surface area contributed by atoms with Crippen LogP contribution in [0.15, 0.2) is 41.1 Å². The molecule has 1 heterocycles. The van der Waals surface area contributed by atoms with Crippen molar-refractivity contribution in [3.63, 3.8) is 0 Å². The van der Waals surface area contributed by atoms with E-state index in [9.17, 15) is 0 Å². The Morgan fingerprint density at radius 3 is 2.78 bits per heavy atom. The van der Waals surface area contributed by atoms with Gasteiger partial charge in [-0.1, -0.05) is 28.1 Å². The van der Waals surface area contributed by atoms with Gasteiger partial charge in [0.05, 0.1) is 13.2 Å². The van der Waals surface area contributed by atoms with Gasteiger partial charge in [-0.05, 0) is 17.7 Å². The summed E-state index contributed by atoms with van der Waals surface area (Å²) in [4.78, 5) is 7.17. The van der Waals surface area contributed by atoms with Crippen molar-refractivity contribution in [3.05, 3.63) is 52.5 Å². The molecule has 0 radical (unpaired) electrons.